The Balaban J connectivity index is 1.41. The average Bonchev–Trinajstić information content (AvgIpc) is 3.20. The third kappa shape index (κ3) is 2.90. The minimum absolute atomic E-state index is 0.104. The van der Waals surface area contributed by atoms with Crippen LogP contribution in [0.2, 0.25) is 0 Å². The molecule has 4 saturated heterocycles. The number of carbonyl (C=O) groups excluding carboxylic acids is 1. The first-order valence-corrected chi connectivity index (χ1v) is 10.8. The van der Waals surface area contributed by atoms with Crippen molar-refractivity contribution in [3.8, 4) is 0 Å². The molecule has 0 aromatic carbocycles. The molecular weight excluding hydrogens is 320 g/mol. The van der Waals surface area contributed by atoms with Crippen LogP contribution in [-0.4, -0.2) is 59.7 Å². The quantitative estimate of drug-likeness (QED) is 0.847. The molecule has 0 radical (unpaired) electrons. The van der Waals surface area contributed by atoms with Gasteiger partial charge in [0.2, 0.25) is 5.91 Å². The Morgan fingerprint density at radius 1 is 1.29 bits per heavy atom. The van der Waals surface area contributed by atoms with Gasteiger partial charge in [-0.25, -0.2) is 0 Å². The van der Waals surface area contributed by atoms with Crippen LogP contribution in [0.4, 0.5) is 0 Å². The van der Waals surface area contributed by atoms with E-state index in [1.54, 1.807) is 0 Å². The number of likely N-dealkylation sites (tertiary alicyclic amines) is 1. The monoisotopic (exact) mass is 352 g/mol. The molecule has 0 saturated carbocycles. The van der Waals surface area contributed by atoms with Crippen LogP contribution in [0.5, 0.6) is 0 Å². The molecule has 24 heavy (non-hydrogen) atoms. The maximum Gasteiger partial charge on any atom is 0.225 e. The van der Waals surface area contributed by atoms with E-state index in [1.807, 2.05) is 20.8 Å². The lowest BCUT2D eigenvalue weighted by molar-refractivity contribution is -0.128. The fourth-order valence-corrected chi connectivity index (χ4v) is 6.39. The first-order chi connectivity index (χ1) is 11.4. The zero-order chi connectivity index (χ0) is 16.9. The van der Waals surface area contributed by atoms with E-state index in [0.29, 0.717) is 17.9 Å². The van der Waals surface area contributed by atoms with Gasteiger partial charge in [0.15, 0.2) is 0 Å². The summed E-state index contributed by atoms with van der Waals surface area (Å²) in [6.07, 6.45) is 5.45. The second-order valence-electron chi connectivity index (χ2n) is 9.26. The summed E-state index contributed by atoms with van der Waals surface area (Å²) < 4.78 is 6.54. The molecule has 0 aromatic rings. The van der Waals surface area contributed by atoms with Gasteiger partial charge >= 0.3 is 0 Å². The van der Waals surface area contributed by atoms with E-state index in [9.17, 15) is 4.79 Å². The normalized spacial score (nSPS) is 40.0. The number of hydrogen-bond donors (Lipinski definition) is 1. The molecule has 0 aromatic heterocycles. The van der Waals surface area contributed by atoms with Crippen molar-refractivity contribution in [1.82, 2.24) is 10.2 Å². The van der Waals surface area contributed by atoms with Crippen LogP contribution in [0.3, 0.4) is 0 Å². The highest BCUT2D eigenvalue weighted by molar-refractivity contribution is 7.99. The lowest BCUT2D eigenvalue weighted by atomic mass is 9.73. The summed E-state index contributed by atoms with van der Waals surface area (Å²) in [6.45, 7) is 9.06. The van der Waals surface area contributed by atoms with Crippen LogP contribution in [0.25, 0.3) is 0 Å². The summed E-state index contributed by atoms with van der Waals surface area (Å²) in [6, 6.07) is 0.763. The number of fused-ring (bicyclic) bond motifs is 1. The van der Waals surface area contributed by atoms with Gasteiger partial charge < -0.3 is 10.1 Å². The van der Waals surface area contributed by atoms with Gasteiger partial charge in [0, 0.05) is 42.9 Å². The maximum atomic E-state index is 12.3. The first kappa shape index (κ1) is 17.2. The summed E-state index contributed by atoms with van der Waals surface area (Å²) in [5.74, 6) is 3.92. The van der Waals surface area contributed by atoms with E-state index in [2.05, 4.69) is 22.0 Å². The zero-order valence-corrected chi connectivity index (χ0v) is 16.2. The molecule has 4 rings (SSSR count). The highest BCUT2D eigenvalue weighted by Gasteiger charge is 2.63. The van der Waals surface area contributed by atoms with Crippen molar-refractivity contribution in [2.45, 2.75) is 64.2 Å². The van der Waals surface area contributed by atoms with Crippen LogP contribution in [-0.2, 0) is 9.53 Å². The smallest absolute Gasteiger partial charge is 0.225 e. The van der Waals surface area contributed by atoms with E-state index < -0.39 is 0 Å². The van der Waals surface area contributed by atoms with Crippen LogP contribution < -0.4 is 5.32 Å². The first-order valence-electron chi connectivity index (χ1n) is 9.67. The lowest BCUT2D eigenvalue weighted by Crippen LogP contribution is -2.44. The van der Waals surface area contributed by atoms with Gasteiger partial charge in [-0.2, -0.15) is 11.8 Å². The van der Waals surface area contributed by atoms with Gasteiger partial charge in [0.05, 0.1) is 11.7 Å². The molecule has 1 amide bonds. The number of nitrogens with one attached hydrogen (secondary N) is 1. The molecule has 0 unspecified atom stereocenters. The Morgan fingerprint density at radius 2 is 2.04 bits per heavy atom. The molecule has 0 aliphatic carbocycles. The number of nitrogens with zero attached hydrogens (tertiary/aromatic N) is 1. The summed E-state index contributed by atoms with van der Waals surface area (Å²) in [4.78, 5) is 15.0. The minimum Gasteiger partial charge on any atom is -0.370 e. The van der Waals surface area contributed by atoms with Crippen LogP contribution in [0.15, 0.2) is 0 Å². The van der Waals surface area contributed by atoms with Crippen molar-refractivity contribution in [3.05, 3.63) is 0 Å². The van der Waals surface area contributed by atoms with E-state index in [4.69, 9.17) is 4.74 Å². The van der Waals surface area contributed by atoms with E-state index in [-0.39, 0.29) is 16.9 Å². The highest BCUT2D eigenvalue weighted by Crippen LogP contribution is 2.55. The van der Waals surface area contributed by atoms with E-state index in [0.717, 1.165) is 19.1 Å². The van der Waals surface area contributed by atoms with Gasteiger partial charge in [-0.3, -0.25) is 9.69 Å². The third-order valence-electron chi connectivity index (χ3n) is 6.70. The lowest BCUT2D eigenvalue weighted by Gasteiger charge is -2.32. The van der Waals surface area contributed by atoms with Crippen molar-refractivity contribution in [3.63, 3.8) is 0 Å². The van der Waals surface area contributed by atoms with Gasteiger partial charge in [-0.1, -0.05) is 20.8 Å². The largest absolute Gasteiger partial charge is 0.370 e. The van der Waals surface area contributed by atoms with Crippen molar-refractivity contribution in [2.24, 2.45) is 17.3 Å². The molecule has 1 N–H and O–H groups in total. The van der Waals surface area contributed by atoms with Crippen LogP contribution in [0.1, 0.15) is 46.5 Å². The molecule has 4 fully saturated rings. The predicted molar refractivity (Wildman–Crippen MR) is 98.2 cm³/mol. The summed E-state index contributed by atoms with van der Waals surface area (Å²) >= 11 is 2.10. The highest BCUT2D eigenvalue weighted by atomic mass is 32.2. The van der Waals surface area contributed by atoms with Gasteiger partial charge in [0.25, 0.3) is 0 Å². The van der Waals surface area contributed by atoms with E-state index >= 15 is 0 Å². The molecule has 2 bridgehead atoms. The van der Waals surface area contributed by atoms with Crippen LogP contribution >= 0.6 is 11.8 Å². The molecule has 5 heteroatoms. The Labute approximate surface area is 150 Å². The molecule has 1 spiro atoms. The number of ether oxygens (including phenoxy) is 1. The SMILES string of the molecule is CC(C)(C)C(=O)NC[C@H]1[C@H]2CN(C3CCSCC3)C[C@]23CC[C@H]1O3. The topological polar surface area (TPSA) is 41.6 Å². The number of amides is 1. The number of carbonyl (C=O) groups is 1. The van der Waals surface area contributed by atoms with Crippen molar-refractivity contribution < 1.29 is 9.53 Å². The molecule has 4 aliphatic heterocycles. The second kappa shape index (κ2) is 6.17. The van der Waals surface area contributed by atoms with Crippen LogP contribution in [0, 0.1) is 17.3 Å². The summed E-state index contributed by atoms with van der Waals surface area (Å²) in [5.41, 5.74) is -0.204. The zero-order valence-electron chi connectivity index (χ0n) is 15.3. The standard InChI is InChI=1S/C19H32N2O2S/c1-18(2,3)17(22)20-10-14-15-11-21(13-5-8-24-9-6-13)12-19(15)7-4-16(14)23-19/h13-16H,4-12H2,1-3H3,(H,20,22)/t14-,15+,16+,19+/m0/s1. The average molecular weight is 353 g/mol. The second-order valence-corrected chi connectivity index (χ2v) is 10.5. The van der Waals surface area contributed by atoms with Gasteiger partial charge in [0.1, 0.15) is 0 Å². The van der Waals surface area contributed by atoms with Crippen molar-refractivity contribution in [1.29, 1.82) is 0 Å². The van der Waals surface area contributed by atoms with Gasteiger partial charge in [-0.15, -0.1) is 0 Å². The third-order valence-corrected chi connectivity index (χ3v) is 7.75. The molecule has 136 valence electrons. The van der Waals surface area contributed by atoms with Gasteiger partial charge in [-0.05, 0) is 37.2 Å². The molecular formula is C19H32N2O2S. The minimum atomic E-state index is -0.308. The molecule has 4 atom stereocenters. The van der Waals surface area contributed by atoms with Crippen molar-refractivity contribution >= 4 is 17.7 Å². The summed E-state index contributed by atoms with van der Waals surface area (Å²) in [5, 5.41) is 3.21. The Morgan fingerprint density at radius 3 is 2.75 bits per heavy atom. The molecule has 4 heterocycles. The number of hydrogen-bond acceptors (Lipinski definition) is 4. The number of thioether (sulfide) groups is 1. The molecule has 4 aliphatic rings. The predicted octanol–water partition coefficient (Wildman–Crippen LogP) is 2.52. The maximum absolute atomic E-state index is 12.3. The number of rotatable bonds is 3. The Hall–Kier alpha value is -0.260. The fourth-order valence-electron chi connectivity index (χ4n) is 5.30. The summed E-state index contributed by atoms with van der Waals surface area (Å²) in [7, 11) is 0. The Kier molecular flexibility index (Phi) is 4.41. The fraction of sp³-hybridized carbons (Fsp3) is 0.947. The Bertz CT molecular complexity index is 500. The molecule has 4 nitrogen and oxygen atoms in total. The van der Waals surface area contributed by atoms with E-state index in [1.165, 1.54) is 43.7 Å². The van der Waals surface area contributed by atoms with Crippen molar-refractivity contribution in [2.75, 3.05) is 31.1 Å².